The Labute approximate surface area is 121 Å². The number of carboxylic acids is 1. The Morgan fingerprint density at radius 2 is 1.65 bits per heavy atom. The van der Waals surface area contributed by atoms with Gasteiger partial charge in [0.05, 0.1) is 9.79 Å². The summed E-state index contributed by atoms with van der Waals surface area (Å²) in [6.45, 7) is 0. The van der Waals surface area contributed by atoms with E-state index in [0.29, 0.717) is 5.02 Å². The van der Waals surface area contributed by atoms with Gasteiger partial charge in [-0.3, -0.25) is 0 Å². The molecule has 2 aromatic rings. The zero-order chi connectivity index (χ0) is 14.8. The van der Waals surface area contributed by atoms with Gasteiger partial charge in [-0.05, 0) is 35.9 Å². The molecule has 0 amide bonds. The SMILES string of the molecule is O=C([O-])Cc1ccccc1S(=O)(=O)c1ccc(Cl)cc1. The Morgan fingerprint density at radius 3 is 2.25 bits per heavy atom. The summed E-state index contributed by atoms with van der Waals surface area (Å²) in [5.41, 5.74) is 0.197. The number of benzene rings is 2. The number of carboxylic acid groups (broad SMARTS) is 1. The highest BCUT2D eigenvalue weighted by Crippen LogP contribution is 2.25. The summed E-state index contributed by atoms with van der Waals surface area (Å²) in [6, 6.07) is 11.7. The van der Waals surface area contributed by atoms with Crippen LogP contribution in [0.5, 0.6) is 0 Å². The van der Waals surface area contributed by atoms with Crippen molar-refractivity contribution in [2.45, 2.75) is 16.2 Å². The van der Waals surface area contributed by atoms with Gasteiger partial charge in [-0.1, -0.05) is 29.8 Å². The van der Waals surface area contributed by atoms with Crippen molar-refractivity contribution in [1.82, 2.24) is 0 Å². The van der Waals surface area contributed by atoms with Gasteiger partial charge in [0, 0.05) is 17.4 Å². The molecule has 6 heteroatoms. The topological polar surface area (TPSA) is 74.3 Å². The smallest absolute Gasteiger partial charge is 0.206 e. The Balaban J connectivity index is 2.54. The van der Waals surface area contributed by atoms with Gasteiger partial charge in [0.2, 0.25) is 9.84 Å². The van der Waals surface area contributed by atoms with Gasteiger partial charge in [-0.2, -0.15) is 0 Å². The van der Waals surface area contributed by atoms with E-state index in [1.807, 2.05) is 0 Å². The summed E-state index contributed by atoms with van der Waals surface area (Å²) in [6.07, 6.45) is -0.455. The predicted octanol–water partition coefficient (Wildman–Crippen LogP) is 1.47. The van der Waals surface area contributed by atoms with Crippen molar-refractivity contribution in [2.75, 3.05) is 0 Å². The number of rotatable bonds is 4. The first-order valence-corrected chi connectivity index (χ1v) is 7.56. The van der Waals surface area contributed by atoms with Crippen molar-refractivity contribution in [1.29, 1.82) is 0 Å². The largest absolute Gasteiger partial charge is 0.550 e. The number of aliphatic carboxylic acids is 1. The lowest BCUT2D eigenvalue weighted by Crippen LogP contribution is -2.25. The Kier molecular flexibility index (Phi) is 4.11. The summed E-state index contributed by atoms with van der Waals surface area (Å²) in [7, 11) is -3.78. The van der Waals surface area contributed by atoms with E-state index in [0.717, 1.165) is 0 Å². The van der Waals surface area contributed by atoms with E-state index in [-0.39, 0.29) is 15.4 Å². The fraction of sp³-hybridized carbons (Fsp3) is 0.0714. The zero-order valence-electron chi connectivity index (χ0n) is 10.2. The molecule has 0 spiro atoms. The Bertz CT molecular complexity index is 736. The molecule has 0 aliphatic carbocycles. The number of sulfone groups is 1. The molecule has 4 nitrogen and oxygen atoms in total. The highest BCUT2D eigenvalue weighted by molar-refractivity contribution is 7.91. The van der Waals surface area contributed by atoms with E-state index in [4.69, 9.17) is 11.6 Å². The summed E-state index contributed by atoms with van der Waals surface area (Å²) >= 11 is 5.73. The second kappa shape index (κ2) is 5.64. The lowest BCUT2D eigenvalue weighted by atomic mass is 10.1. The molecule has 2 aromatic carbocycles. The van der Waals surface area contributed by atoms with E-state index in [9.17, 15) is 18.3 Å². The van der Waals surface area contributed by atoms with Gasteiger partial charge in [0.15, 0.2) is 0 Å². The summed E-state index contributed by atoms with van der Waals surface area (Å²) in [5, 5.41) is 11.1. The van der Waals surface area contributed by atoms with Crippen molar-refractivity contribution in [2.24, 2.45) is 0 Å². The first kappa shape index (κ1) is 14.6. The van der Waals surface area contributed by atoms with Crippen LogP contribution >= 0.6 is 11.6 Å². The molecule has 2 rings (SSSR count). The van der Waals surface area contributed by atoms with Gasteiger partial charge in [-0.15, -0.1) is 0 Å². The third kappa shape index (κ3) is 3.00. The van der Waals surface area contributed by atoms with Gasteiger partial charge >= 0.3 is 0 Å². The molecule has 0 saturated carbocycles. The lowest BCUT2D eigenvalue weighted by Gasteiger charge is -2.11. The molecule has 0 radical (unpaired) electrons. The van der Waals surface area contributed by atoms with Crippen LogP contribution in [-0.2, 0) is 21.1 Å². The van der Waals surface area contributed by atoms with Crippen LogP contribution in [-0.4, -0.2) is 14.4 Å². The number of hydrogen-bond donors (Lipinski definition) is 0. The highest BCUT2D eigenvalue weighted by Gasteiger charge is 2.20. The lowest BCUT2D eigenvalue weighted by molar-refractivity contribution is -0.304. The fourth-order valence-electron chi connectivity index (χ4n) is 1.81. The predicted molar refractivity (Wildman–Crippen MR) is 72.1 cm³/mol. The van der Waals surface area contributed by atoms with Gasteiger partial charge in [-0.25, -0.2) is 8.42 Å². The minimum atomic E-state index is -3.78. The van der Waals surface area contributed by atoms with Crippen LogP contribution in [0.1, 0.15) is 5.56 Å². The van der Waals surface area contributed by atoms with E-state index >= 15 is 0 Å². The molecular weight excluding hydrogens is 300 g/mol. The molecule has 0 aromatic heterocycles. The normalized spacial score (nSPS) is 11.2. The average molecular weight is 310 g/mol. The van der Waals surface area contributed by atoms with E-state index in [1.165, 1.54) is 36.4 Å². The van der Waals surface area contributed by atoms with Crippen molar-refractivity contribution < 1.29 is 18.3 Å². The van der Waals surface area contributed by atoms with Crippen LogP contribution in [0.25, 0.3) is 0 Å². The van der Waals surface area contributed by atoms with Crippen LogP contribution in [0, 0.1) is 0 Å². The van der Waals surface area contributed by atoms with Gasteiger partial charge in [0.1, 0.15) is 0 Å². The molecule has 0 bridgehead atoms. The standard InChI is InChI=1S/C14H11ClO4S/c15-11-5-7-12(8-6-11)20(18,19)13-4-2-1-3-10(13)9-14(16)17/h1-8H,9H2,(H,16,17)/p-1. The molecule has 0 aliphatic heterocycles. The molecule has 0 aliphatic rings. The van der Waals surface area contributed by atoms with E-state index in [2.05, 4.69) is 0 Å². The third-order valence-corrected chi connectivity index (χ3v) is 4.84. The molecular formula is C14H10ClO4S-. The molecule has 0 unspecified atom stereocenters. The maximum atomic E-state index is 12.5. The second-order valence-corrected chi connectivity index (χ2v) is 6.47. The monoisotopic (exact) mass is 309 g/mol. The van der Waals surface area contributed by atoms with Crippen LogP contribution < -0.4 is 5.11 Å². The molecule has 0 fully saturated rings. The van der Waals surface area contributed by atoms with E-state index in [1.54, 1.807) is 12.1 Å². The minimum Gasteiger partial charge on any atom is -0.550 e. The second-order valence-electron chi connectivity index (χ2n) is 4.11. The molecule has 0 atom stereocenters. The molecule has 0 N–H and O–H groups in total. The van der Waals surface area contributed by atoms with Crippen LogP contribution in [0.15, 0.2) is 58.3 Å². The summed E-state index contributed by atoms with van der Waals surface area (Å²) < 4.78 is 25.0. The molecule has 0 saturated heterocycles. The fourth-order valence-corrected chi connectivity index (χ4v) is 3.43. The number of carbonyl (C=O) groups excluding carboxylic acids is 1. The molecule has 0 heterocycles. The van der Waals surface area contributed by atoms with Crippen LogP contribution in [0.3, 0.4) is 0 Å². The number of halogens is 1. The number of hydrogen-bond acceptors (Lipinski definition) is 4. The van der Waals surface area contributed by atoms with Gasteiger partial charge in [0.25, 0.3) is 0 Å². The Hall–Kier alpha value is -1.85. The summed E-state index contributed by atoms with van der Waals surface area (Å²) in [4.78, 5) is 10.7. The van der Waals surface area contributed by atoms with Crippen LogP contribution in [0.4, 0.5) is 0 Å². The number of carbonyl (C=O) groups is 1. The minimum absolute atomic E-state index is 0.0356. The third-order valence-electron chi connectivity index (χ3n) is 2.72. The molecule has 20 heavy (non-hydrogen) atoms. The Morgan fingerprint density at radius 1 is 1.05 bits per heavy atom. The first-order chi connectivity index (χ1) is 9.41. The van der Waals surface area contributed by atoms with Crippen LogP contribution in [0.2, 0.25) is 5.02 Å². The average Bonchev–Trinajstić information content (AvgIpc) is 2.39. The van der Waals surface area contributed by atoms with Crippen molar-refractivity contribution in [3.63, 3.8) is 0 Å². The zero-order valence-corrected chi connectivity index (χ0v) is 11.8. The van der Waals surface area contributed by atoms with Crippen molar-refractivity contribution in [3.05, 3.63) is 59.1 Å². The maximum Gasteiger partial charge on any atom is 0.206 e. The molecule has 104 valence electrons. The maximum absolute atomic E-state index is 12.5. The van der Waals surface area contributed by atoms with Crippen molar-refractivity contribution >= 4 is 27.4 Å². The van der Waals surface area contributed by atoms with Gasteiger partial charge < -0.3 is 9.90 Å². The first-order valence-electron chi connectivity index (χ1n) is 5.69. The highest BCUT2D eigenvalue weighted by atomic mass is 35.5. The quantitative estimate of drug-likeness (QED) is 0.857. The van der Waals surface area contributed by atoms with E-state index < -0.39 is 22.2 Å². The van der Waals surface area contributed by atoms with Crippen molar-refractivity contribution in [3.8, 4) is 0 Å². The summed E-state index contributed by atoms with van der Waals surface area (Å²) in [5.74, 6) is -1.33.